The summed E-state index contributed by atoms with van der Waals surface area (Å²) in [7, 11) is 0. The second-order valence-corrected chi connectivity index (χ2v) is 5.46. The molecule has 3 nitrogen and oxygen atoms in total. The third kappa shape index (κ3) is 2.53. The van der Waals surface area contributed by atoms with Crippen molar-refractivity contribution >= 4 is 11.6 Å². The van der Waals surface area contributed by atoms with Crippen LogP contribution >= 0.6 is 11.6 Å². The summed E-state index contributed by atoms with van der Waals surface area (Å²) in [5, 5.41) is 4.33. The molecule has 1 unspecified atom stereocenters. The molecule has 4 heteroatoms. The van der Waals surface area contributed by atoms with E-state index in [1.54, 1.807) is 6.20 Å². The SMILES string of the molecule is Cc1nccn1-c1ccc(C2CCCCN2)cc1Cl. The Morgan fingerprint density at radius 1 is 1.37 bits per heavy atom. The zero-order valence-corrected chi connectivity index (χ0v) is 11.8. The van der Waals surface area contributed by atoms with Crippen molar-refractivity contribution in [2.75, 3.05) is 6.54 Å². The number of rotatable bonds is 2. The molecule has 2 aromatic rings. The fraction of sp³-hybridized carbons (Fsp3) is 0.400. The molecule has 0 amide bonds. The van der Waals surface area contributed by atoms with Crippen LogP contribution in [0, 0.1) is 6.92 Å². The highest BCUT2D eigenvalue weighted by molar-refractivity contribution is 6.32. The summed E-state index contributed by atoms with van der Waals surface area (Å²) in [5.41, 5.74) is 2.28. The van der Waals surface area contributed by atoms with E-state index in [1.165, 1.54) is 24.8 Å². The van der Waals surface area contributed by atoms with Gasteiger partial charge < -0.3 is 9.88 Å². The molecule has 3 rings (SSSR count). The van der Waals surface area contributed by atoms with Gasteiger partial charge >= 0.3 is 0 Å². The molecule has 1 aliphatic rings. The molecular weight excluding hydrogens is 258 g/mol. The minimum absolute atomic E-state index is 0.448. The number of hydrogen-bond acceptors (Lipinski definition) is 2. The average Bonchev–Trinajstić information content (AvgIpc) is 2.86. The molecule has 1 aromatic carbocycles. The largest absolute Gasteiger partial charge is 0.310 e. The lowest BCUT2D eigenvalue weighted by atomic mass is 9.97. The van der Waals surface area contributed by atoms with Crippen molar-refractivity contribution in [2.24, 2.45) is 0 Å². The maximum Gasteiger partial charge on any atom is 0.110 e. The number of aromatic nitrogens is 2. The number of halogens is 1. The molecule has 1 N–H and O–H groups in total. The van der Waals surface area contributed by atoms with Crippen LogP contribution in [0.25, 0.3) is 5.69 Å². The third-order valence-corrected chi connectivity index (χ3v) is 4.07. The topological polar surface area (TPSA) is 29.9 Å². The predicted molar refractivity (Wildman–Crippen MR) is 77.9 cm³/mol. The first kappa shape index (κ1) is 12.7. The molecule has 0 bridgehead atoms. The zero-order chi connectivity index (χ0) is 13.2. The van der Waals surface area contributed by atoms with Gasteiger partial charge in [-0.15, -0.1) is 0 Å². The number of nitrogens with zero attached hydrogens (tertiary/aromatic N) is 2. The van der Waals surface area contributed by atoms with E-state index in [1.807, 2.05) is 17.7 Å². The van der Waals surface area contributed by atoms with Crippen LogP contribution in [0.2, 0.25) is 5.02 Å². The van der Waals surface area contributed by atoms with Crippen molar-refractivity contribution in [3.05, 3.63) is 47.0 Å². The van der Waals surface area contributed by atoms with Gasteiger partial charge in [0.2, 0.25) is 0 Å². The number of nitrogens with one attached hydrogen (secondary N) is 1. The van der Waals surface area contributed by atoms with Crippen LogP contribution in [0.1, 0.15) is 36.7 Å². The molecule has 100 valence electrons. The van der Waals surface area contributed by atoms with Gasteiger partial charge in [-0.1, -0.05) is 24.1 Å². The number of benzene rings is 1. The van der Waals surface area contributed by atoms with Gasteiger partial charge in [0.15, 0.2) is 0 Å². The molecule has 1 fully saturated rings. The lowest BCUT2D eigenvalue weighted by Crippen LogP contribution is -2.26. The number of aryl methyl sites for hydroxylation is 1. The Balaban J connectivity index is 1.91. The van der Waals surface area contributed by atoms with Crippen LogP contribution in [-0.2, 0) is 0 Å². The van der Waals surface area contributed by atoms with Crippen LogP contribution < -0.4 is 5.32 Å². The van der Waals surface area contributed by atoms with Gasteiger partial charge in [0.05, 0.1) is 10.7 Å². The zero-order valence-electron chi connectivity index (χ0n) is 11.1. The first-order valence-corrected chi connectivity index (χ1v) is 7.16. The van der Waals surface area contributed by atoms with E-state index >= 15 is 0 Å². The van der Waals surface area contributed by atoms with Gasteiger partial charge in [0, 0.05) is 18.4 Å². The standard InChI is InChI=1S/C15H18ClN3/c1-11-17-8-9-19(11)15-6-5-12(10-13(15)16)14-4-2-3-7-18-14/h5-6,8-10,14,18H,2-4,7H2,1H3. The highest BCUT2D eigenvalue weighted by Gasteiger charge is 2.16. The van der Waals surface area contributed by atoms with E-state index in [0.29, 0.717) is 6.04 Å². The van der Waals surface area contributed by atoms with Crippen molar-refractivity contribution in [1.29, 1.82) is 0 Å². The van der Waals surface area contributed by atoms with Crippen molar-refractivity contribution in [3.63, 3.8) is 0 Å². The van der Waals surface area contributed by atoms with E-state index < -0.39 is 0 Å². The summed E-state index contributed by atoms with van der Waals surface area (Å²) in [6, 6.07) is 6.79. The van der Waals surface area contributed by atoms with E-state index in [2.05, 4.69) is 28.5 Å². The average molecular weight is 276 g/mol. The van der Waals surface area contributed by atoms with Crippen molar-refractivity contribution in [2.45, 2.75) is 32.2 Å². The Kier molecular flexibility index (Phi) is 3.58. The van der Waals surface area contributed by atoms with Crippen LogP contribution in [0.5, 0.6) is 0 Å². The van der Waals surface area contributed by atoms with Crippen LogP contribution in [0.3, 0.4) is 0 Å². The number of piperidine rings is 1. The predicted octanol–water partition coefficient (Wildman–Crippen LogP) is 3.65. The second-order valence-electron chi connectivity index (χ2n) is 5.06. The second kappa shape index (κ2) is 5.35. The molecule has 0 saturated carbocycles. The summed E-state index contributed by atoms with van der Waals surface area (Å²) in [5.74, 6) is 0.949. The van der Waals surface area contributed by atoms with E-state index in [4.69, 9.17) is 11.6 Å². The molecule has 1 saturated heterocycles. The highest BCUT2D eigenvalue weighted by atomic mass is 35.5. The molecule has 0 spiro atoms. The summed E-state index contributed by atoms with van der Waals surface area (Å²) < 4.78 is 2.01. The molecule has 1 atom stereocenters. The molecule has 0 aliphatic carbocycles. The highest BCUT2D eigenvalue weighted by Crippen LogP contribution is 2.29. The Morgan fingerprint density at radius 3 is 2.89 bits per heavy atom. The van der Waals surface area contributed by atoms with E-state index in [9.17, 15) is 0 Å². The normalized spacial score (nSPS) is 19.6. The van der Waals surface area contributed by atoms with Gasteiger partial charge in [-0.25, -0.2) is 4.98 Å². The molecule has 0 radical (unpaired) electrons. The van der Waals surface area contributed by atoms with Crippen LogP contribution in [0.4, 0.5) is 0 Å². The van der Waals surface area contributed by atoms with Gasteiger partial charge in [0.1, 0.15) is 5.82 Å². The number of hydrogen-bond donors (Lipinski definition) is 1. The lowest BCUT2D eigenvalue weighted by Gasteiger charge is -2.24. The van der Waals surface area contributed by atoms with E-state index in [-0.39, 0.29) is 0 Å². The first-order valence-electron chi connectivity index (χ1n) is 6.79. The molecule has 1 aliphatic heterocycles. The lowest BCUT2D eigenvalue weighted by molar-refractivity contribution is 0.412. The molecule has 1 aromatic heterocycles. The number of imidazole rings is 1. The van der Waals surface area contributed by atoms with Gasteiger partial charge in [-0.05, 0) is 44.0 Å². The summed E-state index contributed by atoms with van der Waals surface area (Å²) >= 11 is 6.44. The van der Waals surface area contributed by atoms with Crippen LogP contribution in [0.15, 0.2) is 30.6 Å². The monoisotopic (exact) mass is 275 g/mol. The molecule has 2 heterocycles. The Morgan fingerprint density at radius 2 is 2.26 bits per heavy atom. The molecular formula is C15H18ClN3. The summed E-state index contributed by atoms with van der Waals surface area (Å²) in [6.07, 6.45) is 7.49. The smallest absolute Gasteiger partial charge is 0.110 e. The fourth-order valence-electron chi connectivity index (χ4n) is 2.70. The van der Waals surface area contributed by atoms with Gasteiger partial charge in [-0.2, -0.15) is 0 Å². The van der Waals surface area contributed by atoms with E-state index in [0.717, 1.165) is 23.1 Å². The van der Waals surface area contributed by atoms with Gasteiger partial charge in [0.25, 0.3) is 0 Å². The summed E-state index contributed by atoms with van der Waals surface area (Å²) in [4.78, 5) is 4.24. The first-order chi connectivity index (χ1) is 9.25. The van der Waals surface area contributed by atoms with Crippen molar-refractivity contribution < 1.29 is 0 Å². The Hall–Kier alpha value is -1.32. The van der Waals surface area contributed by atoms with Crippen LogP contribution in [-0.4, -0.2) is 16.1 Å². The molecule has 19 heavy (non-hydrogen) atoms. The van der Waals surface area contributed by atoms with Gasteiger partial charge in [-0.3, -0.25) is 0 Å². The minimum Gasteiger partial charge on any atom is -0.310 e. The quantitative estimate of drug-likeness (QED) is 0.907. The Bertz CT molecular complexity index is 571. The fourth-order valence-corrected chi connectivity index (χ4v) is 2.98. The third-order valence-electron chi connectivity index (χ3n) is 3.77. The van der Waals surface area contributed by atoms with Crippen molar-refractivity contribution in [1.82, 2.24) is 14.9 Å². The summed E-state index contributed by atoms with van der Waals surface area (Å²) in [6.45, 7) is 3.08. The maximum absolute atomic E-state index is 6.44. The minimum atomic E-state index is 0.448. The van der Waals surface area contributed by atoms with Crippen molar-refractivity contribution in [3.8, 4) is 5.69 Å². The Labute approximate surface area is 118 Å². The maximum atomic E-state index is 6.44.